The predicted molar refractivity (Wildman–Crippen MR) is 104 cm³/mol. The van der Waals surface area contributed by atoms with E-state index in [2.05, 4.69) is 17.6 Å². The average molecular weight is 375 g/mol. The maximum absolute atomic E-state index is 11.9. The maximum Gasteiger partial charge on any atom is 0.313 e. The van der Waals surface area contributed by atoms with Gasteiger partial charge in [0.15, 0.2) is 0 Å². The zero-order valence-electron chi connectivity index (χ0n) is 14.8. The number of rotatable bonds is 8. The van der Waals surface area contributed by atoms with Crippen LogP contribution in [0.4, 0.5) is 5.69 Å². The molecule has 2 amide bonds. The first-order chi connectivity index (χ1) is 12.6. The molecule has 2 rings (SSSR count). The largest absolute Gasteiger partial charge is 0.490 e. The number of anilines is 1. The van der Waals surface area contributed by atoms with Crippen molar-refractivity contribution in [2.24, 2.45) is 0 Å². The normalized spacial score (nSPS) is 10.2. The van der Waals surface area contributed by atoms with E-state index >= 15 is 0 Å². The summed E-state index contributed by atoms with van der Waals surface area (Å²) < 4.78 is 5.45. The molecule has 0 aromatic heterocycles. The number of aryl methyl sites for hydroxylation is 1. The number of nitrogens with one attached hydrogen (secondary N) is 2. The van der Waals surface area contributed by atoms with Crippen molar-refractivity contribution in [2.45, 2.75) is 26.2 Å². The molecule has 26 heavy (non-hydrogen) atoms. The lowest BCUT2D eigenvalue weighted by Gasteiger charge is -2.09. The minimum Gasteiger partial charge on any atom is -0.490 e. The number of benzene rings is 2. The summed E-state index contributed by atoms with van der Waals surface area (Å²) in [6, 6.07) is 14.6. The van der Waals surface area contributed by atoms with Crippen molar-refractivity contribution in [3.63, 3.8) is 0 Å². The third-order valence-corrected chi connectivity index (χ3v) is 4.03. The molecular weight excluding hydrogens is 352 g/mol. The number of unbranched alkanes of at least 4 members (excludes halogenated alkanes) is 1. The second-order valence-corrected chi connectivity index (χ2v) is 6.20. The summed E-state index contributed by atoms with van der Waals surface area (Å²) in [5.41, 5.74) is 1.81. The molecule has 0 aliphatic heterocycles. The van der Waals surface area contributed by atoms with E-state index < -0.39 is 11.8 Å². The van der Waals surface area contributed by atoms with Crippen LogP contribution < -0.4 is 15.4 Å². The van der Waals surface area contributed by atoms with Gasteiger partial charge in [-0.15, -0.1) is 0 Å². The number of hydrogen-bond acceptors (Lipinski definition) is 3. The Kier molecular flexibility index (Phi) is 7.96. The molecule has 2 aromatic rings. The molecule has 2 aromatic carbocycles. The zero-order chi connectivity index (χ0) is 18.8. The molecule has 0 atom stereocenters. The minimum atomic E-state index is -0.706. The molecule has 2 N–H and O–H groups in total. The Morgan fingerprint density at radius 1 is 1.04 bits per heavy atom. The van der Waals surface area contributed by atoms with E-state index in [-0.39, 0.29) is 13.2 Å². The number of amides is 2. The molecule has 0 fully saturated rings. The fraction of sp³-hybridized carbons (Fsp3) is 0.300. The molecule has 0 aliphatic carbocycles. The van der Waals surface area contributed by atoms with Crippen LogP contribution in [0.25, 0.3) is 0 Å². The molecule has 138 valence electrons. The van der Waals surface area contributed by atoms with Crippen molar-refractivity contribution in [1.82, 2.24) is 5.32 Å². The number of para-hydroxylation sites is 1. The zero-order valence-corrected chi connectivity index (χ0v) is 15.5. The Labute approximate surface area is 158 Å². The van der Waals surface area contributed by atoms with Gasteiger partial charge in [0.25, 0.3) is 0 Å². The number of hydrogen-bond donors (Lipinski definition) is 2. The van der Waals surface area contributed by atoms with Crippen LogP contribution in [0, 0.1) is 0 Å². The lowest BCUT2D eigenvalue weighted by Crippen LogP contribution is -2.37. The smallest absolute Gasteiger partial charge is 0.313 e. The van der Waals surface area contributed by atoms with Gasteiger partial charge in [0.2, 0.25) is 0 Å². The number of carbonyl (C=O) groups excluding carboxylic acids is 2. The van der Waals surface area contributed by atoms with Gasteiger partial charge < -0.3 is 15.4 Å². The van der Waals surface area contributed by atoms with Crippen LogP contribution >= 0.6 is 11.6 Å². The van der Waals surface area contributed by atoms with Crippen molar-refractivity contribution in [1.29, 1.82) is 0 Å². The third-order valence-electron chi connectivity index (χ3n) is 3.72. The highest BCUT2D eigenvalue weighted by atomic mass is 35.5. The van der Waals surface area contributed by atoms with Crippen LogP contribution in [0.3, 0.4) is 0 Å². The molecule has 6 heteroatoms. The minimum absolute atomic E-state index is 0.202. The Morgan fingerprint density at radius 2 is 1.77 bits per heavy atom. The maximum atomic E-state index is 11.9. The molecule has 0 unspecified atom stereocenters. The summed E-state index contributed by atoms with van der Waals surface area (Å²) in [5, 5.41) is 5.59. The lowest BCUT2D eigenvalue weighted by molar-refractivity contribution is -0.136. The summed E-state index contributed by atoms with van der Waals surface area (Å²) >= 11 is 5.97. The van der Waals surface area contributed by atoms with Crippen LogP contribution in [0.5, 0.6) is 5.75 Å². The highest BCUT2D eigenvalue weighted by molar-refractivity contribution is 6.39. The second kappa shape index (κ2) is 10.5. The van der Waals surface area contributed by atoms with E-state index in [1.165, 1.54) is 5.56 Å². The monoisotopic (exact) mass is 374 g/mol. The summed E-state index contributed by atoms with van der Waals surface area (Å²) in [6.45, 7) is 2.56. The molecule has 0 aliphatic rings. The molecule has 0 heterocycles. The highest BCUT2D eigenvalue weighted by Gasteiger charge is 2.13. The first-order valence-corrected chi connectivity index (χ1v) is 9.03. The summed E-state index contributed by atoms with van der Waals surface area (Å²) in [4.78, 5) is 23.7. The van der Waals surface area contributed by atoms with E-state index in [9.17, 15) is 9.59 Å². The van der Waals surface area contributed by atoms with Crippen molar-refractivity contribution < 1.29 is 14.3 Å². The van der Waals surface area contributed by atoms with Gasteiger partial charge in [-0.05, 0) is 42.7 Å². The molecule has 0 spiro atoms. The van der Waals surface area contributed by atoms with Crippen molar-refractivity contribution >= 4 is 29.1 Å². The first kappa shape index (κ1) is 19.8. The van der Waals surface area contributed by atoms with E-state index in [0.29, 0.717) is 16.5 Å². The van der Waals surface area contributed by atoms with Crippen LogP contribution in [-0.4, -0.2) is 25.0 Å². The van der Waals surface area contributed by atoms with Crippen LogP contribution in [0.2, 0.25) is 5.02 Å². The van der Waals surface area contributed by atoms with Gasteiger partial charge in [-0.3, -0.25) is 9.59 Å². The van der Waals surface area contributed by atoms with Gasteiger partial charge in [0.05, 0.1) is 11.6 Å². The van der Waals surface area contributed by atoms with Gasteiger partial charge in [-0.1, -0.05) is 49.2 Å². The van der Waals surface area contributed by atoms with Gasteiger partial charge in [-0.25, -0.2) is 0 Å². The van der Waals surface area contributed by atoms with Crippen LogP contribution in [-0.2, 0) is 16.0 Å². The standard InChI is InChI=1S/C20H23ClN2O3/c1-2-3-6-15-9-11-16(12-10-15)23-20(25)19(24)22-13-14-26-18-8-5-4-7-17(18)21/h4-5,7-12H,2-3,6,13-14H2,1H3,(H,22,24)(H,23,25). The quantitative estimate of drug-likeness (QED) is 0.545. The summed E-state index contributed by atoms with van der Waals surface area (Å²) in [5.74, 6) is -0.872. The van der Waals surface area contributed by atoms with Gasteiger partial charge >= 0.3 is 11.8 Å². The van der Waals surface area contributed by atoms with Crippen molar-refractivity contribution in [3.05, 3.63) is 59.1 Å². The summed E-state index contributed by atoms with van der Waals surface area (Å²) in [7, 11) is 0. The Morgan fingerprint density at radius 3 is 2.46 bits per heavy atom. The van der Waals surface area contributed by atoms with Gasteiger partial charge in [0, 0.05) is 5.69 Å². The first-order valence-electron chi connectivity index (χ1n) is 8.65. The second-order valence-electron chi connectivity index (χ2n) is 5.79. The number of ether oxygens (including phenoxy) is 1. The van der Waals surface area contributed by atoms with E-state index in [0.717, 1.165) is 19.3 Å². The van der Waals surface area contributed by atoms with Crippen molar-refractivity contribution in [2.75, 3.05) is 18.5 Å². The molecule has 5 nitrogen and oxygen atoms in total. The molecule has 0 saturated carbocycles. The SMILES string of the molecule is CCCCc1ccc(NC(=O)C(=O)NCCOc2ccccc2Cl)cc1. The van der Waals surface area contributed by atoms with Gasteiger partial charge in [0.1, 0.15) is 12.4 Å². The predicted octanol–water partition coefficient (Wildman–Crippen LogP) is 3.82. The van der Waals surface area contributed by atoms with E-state index in [4.69, 9.17) is 16.3 Å². The average Bonchev–Trinajstić information content (AvgIpc) is 2.65. The van der Waals surface area contributed by atoms with E-state index in [1.54, 1.807) is 36.4 Å². The lowest BCUT2D eigenvalue weighted by atomic mass is 10.1. The fourth-order valence-corrected chi connectivity index (χ4v) is 2.48. The van der Waals surface area contributed by atoms with Gasteiger partial charge in [-0.2, -0.15) is 0 Å². The molecule has 0 saturated heterocycles. The Balaban J connectivity index is 1.72. The fourth-order valence-electron chi connectivity index (χ4n) is 2.29. The molecule has 0 radical (unpaired) electrons. The highest BCUT2D eigenvalue weighted by Crippen LogP contribution is 2.22. The Bertz CT molecular complexity index is 732. The van der Waals surface area contributed by atoms with Crippen molar-refractivity contribution in [3.8, 4) is 5.75 Å². The number of carbonyl (C=O) groups is 2. The van der Waals surface area contributed by atoms with E-state index in [1.807, 2.05) is 12.1 Å². The third kappa shape index (κ3) is 6.41. The van der Waals surface area contributed by atoms with Crippen LogP contribution in [0.1, 0.15) is 25.3 Å². The topological polar surface area (TPSA) is 67.4 Å². The molecule has 0 bridgehead atoms. The Hall–Kier alpha value is -2.53. The number of halogens is 1. The molecular formula is C20H23ClN2O3. The van der Waals surface area contributed by atoms with Crippen LogP contribution in [0.15, 0.2) is 48.5 Å². The summed E-state index contributed by atoms with van der Waals surface area (Å²) in [6.07, 6.45) is 3.28.